The molecule has 66 valence electrons. The molecule has 1 heterocycles. The molecule has 0 saturated carbocycles. The number of rotatable bonds is 3. The van der Waals surface area contributed by atoms with Crippen molar-refractivity contribution in [3.8, 4) is 0 Å². The second-order valence-electron chi connectivity index (χ2n) is 2.17. The summed E-state index contributed by atoms with van der Waals surface area (Å²) in [5.74, 6) is -0.315. The molecule has 0 aliphatic rings. The molecule has 0 amide bonds. The van der Waals surface area contributed by atoms with Crippen LogP contribution in [0.5, 0.6) is 0 Å². The highest BCUT2D eigenvalue weighted by molar-refractivity contribution is 7.88. The van der Waals surface area contributed by atoms with Crippen LogP contribution in [0.25, 0.3) is 0 Å². The molecule has 0 fully saturated rings. The van der Waals surface area contributed by atoms with Gasteiger partial charge in [-0.1, -0.05) is 11.0 Å². The number of hydrogen-bond acceptors (Lipinski definition) is 4. The van der Waals surface area contributed by atoms with Crippen LogP contribution in [-0.2, 0) is 15.8 Å². The largest absolute Gasteiger partial charge is 0.302 e. The van der Waals surface area contributed by atoms with E-state index in [2.05, 4.69) is 4.98 Å². The Balaban J connectivity index is 2.78. The van der Waals surface area contributed by atoms with Gasteiger partial charge in [0.15, 0.2) is 0 Å². The van der Waals surface area contributed by atoms with Gasteiger partial charge < -0.3 is 5.21 Å². The molecular weight excluding hydrogens is 180 g/mol. The molecule has 12 heavy (non-hydrogen) atoms. The lowest BCUT2D eigenvalue weighted by Gasteiger charge is -1.99. The molecule has 1 aromatic heterocycles. The minimum atomic E-state index is -3.63. The molecule has 0 saturated heterocycles. The molecule has 0 bridgehead atoms. The summed E-state index contributed by atoms with van der Waals surface area (Å²) in [4.78, 5) is 5.00. The van der Waals surface area contributed by atoms with E-state index in [0.29, 0.717) is 5.69 Å². The summed E-state index contributed by atoms with van der Waals surface area (Å²) in [5.41, 5.74) is 0.388. The summed E-state index contributed by atoms with van der Waals surface area (Å²) in [6.45, 7) is 0. The summed E-state index contributed by atoms with van der Waals surface area (Å²) < 4.78 is 21.5. The summed E-state index contributed by atoms with van der Waals surface area (Å²) in [6.07, 6.45) is 1.49. The highest BCUT2D eigenvalue weighted by atomic mass is 32.2. The average Bonchev–Trinajstić information content (AvgIpc) is 2.06. The number of nitrogens with zero attached hydrogens (tertiary/aromatic N) is 1. The van der Waals surface area contributed by atoms with Gasteiger partial charge in [-0.25, -0.2) is 8.42 Å². The molecule has 5 nitrogen and oxygen atoms in total. The first-order chi connectivity index (χ1) is 5.64. The molecule has 2 N–H and O–H groups in total. The normalized spacial score (nSPS) is 11.4. The standard InChI is InChI=1S/C6H8N2O3S/c9-8-12(10,11)5-6-3-1-2-4-7-6/h1-4,8-9H,5H2. The van der Waals surface area contributed by atoms with Crippen molar-refractivity contribution in [1.82, 2.24) is 9.87 Å². The lowest BCUT2D eigenvalue weighted by atomic mass is 10.4. The summed E-state index contributed by atoms with van der Waals surface area (Å²) in [6, 6.07) is 4.92. The molecule has 1 rings (SSSR count). The highest BCUT2D eigenvalue weighted by Crippen LogP contribution is 1.98. The number of pyridine rings is 1. The molecule has 0 aromatic carbocycles. The first-order valence-electron chi connectivity index (χ1n) is 3.17. The van der Waals surface area contributed by atoms with Gasteiger partial charge in [0.05, 0.1) is 5.69 Å². The Bertz CT molecular complexity index is 335. The quantitative estimate of drug-likeness (QED) is 0.649. The minimum absolute atomic E-state index is 0.315. The first-order valence-corrected chi connectivity index (χ1v) is 4.83. The van der Waals surface area contributed by atoms with Gasteiger partial charge >= 0.3 is 0 Å². The minimum Gasteiger partial charge on any atom is -0.302 e. The van der Waals surface area contributed by atoms with E-state index in [4.69, 9.17) is 5.21 Å². The van der Waals surface area contributed by atoms with Crippen LogP contribution in [0.2, 0.25) is 0 Å². The fourth-order valence-corrected chi connectivity index (χ4v) is 1.34. The van der Waals surface area contributed by atoms with Crippen molar-refractivity contribution in [3.63, 3.8) is 0 Å². The fraction of sp³-hybridized carbons (Fsp3) is 0.167. The summed E-state index contributed by atoms with van der Waals surface area (Å²) in [7, 11) is -3.63. The second-order valence-corrected chi connectivity index (χ2v) is 3.87. The zero-order valence-corrected chi connectivity index (χ0v) is 6.95. The van der Waals surface area contributed by atoms with Crippen molar-refractivity contribution in [2.24, 2.45) is 0 Å². The van der Waals surface area contributed by atoms with Gasteiger partial charge in [-0.15, -0.1) is 0 Å². The Morgan fingerprint density at radius 3 is 2.75 bits per heavy atom. The molecule has 0 atom stereocenters. The number of sulfonamides is 1. The van der Waals surface area contributed by atoms with Crippen molar-refractivity contribution in [1.29, 1.82) is 0 Å². The second kappa shape index (κ2) is 3.61. The third-order valence-corrected chi connectivity index (χ3v) is 2.16. The summed E-state index contributed by atoms with van der Waals surface area (Å²) in [5, 5.41) is 8.19. The van der Waals surface area contributed by atoms with Gasteiger partial charge in [-0.2, -0.15) is 0 Å². The van der Waals surface area contributed by atoms with Crippen LogP contribution < -0.4 is 4.89 Å². The molecule has 1 aromatic rings. The molecule has 6 heteroatoms. The van der Waals surface area contributed by atoms with Crippen LogP contribution in [-0.4, -0.2) is 18.6 Å². The van der Waals surface area contributed by atoms with Crippen LogP contribution in [0.1, 0.15) is 5.69 Å². The van der Waals surface area contributed by atoms with Gasteiger partial charge in [0.25, 0.3) is 0 Å². The molecule has 0 unspecified atom stereocenters. The van der Waals surface area contributed by atoms with Crippen LogP contribution in [0.4, 0.5) is 0 Å². The zero-order valence-electron chi connectivity index (χ0n) is 6.14. The van der Waals surface area contributed by atoms with Gasteiger partial charge in [-0.05, 0) is 12.1 Å². The van der Waals surface area contributed by atoms with Gasteiger partial charge in [0.2, 0.25) is 10.0 Å². The van der Waals surface area contributed by atoms with Crippen LogP contribution >= 0.6 is 0 Å². The highest BCUT2D eigenvalue weighted by Gasteiger charge is 2.09. The topological polar surface area (TPSA) is 79.3 Å². The van der Waals surface area contributed by atoms with E-state index in [1.54, 1.807) is 18.2 Å². The maximum atomic E-state index is 10.8. The smallest absolute Gasteiger partial charge is 0.239 e. The Hall–Kier alpha value is -0.980. The molecule has 0 aliphatic carbocycles. The predicted molar refractivity (Wildman–Crippen MR) is 41.8 cm³/mol. The molecule has 0 spiro atoms. The molecule has 0 radical (unpaired) electrons. The predicted octanol–water partition coefficient (Wildman–Crippen LogP) is -0.110. The van der Waals surface area contributed by atoms with Crippen molar-refractivity contribution in [2.75, 3.05) is 0 Å². The number of aromatic nitrogens is 1. The number of nitrogens with one attached hydrogen (secondary N) is 1. The van der Waals surface area contributed by atoms with E-state index in [-0.39, 0.29) is 5.75 Å². The number of hydrogen-bond donors (Lipinski definition) is 2. The third kappa shape index (κ3) is 2.57. The Labute approximate surface area is 70.1 Å². The maximum absolute atomic E-state index is 10.8. The van der Waals surface area contributed by atoms with Crippen molar-refractivity contribution in [2.45, 2.75) is 5.75 Å². The van der Waals surface area contributed by atoms with Gasteiger partial charge in [-0.3, -0.25) is 4.98 Å². The average molecular weight is 188 g/mol. The Kier molecular flexibility index (Phi) is 2.74. The Morgan fingerprint density at radius 2 is 2.25 bits per heavy atom. The zero-order chi connectivity index (χ0) is 9.03. The molecule has 0 aliphatic heterocycles. The van der Waals surface area contributed by atoms with Crippen molar-refractivity contribution in [3.05, 3.63) is 30.1 Å². The van der Waals surface area contributed by atoms with E-state index >= 15 is 0 Å². The first kappa shape index (κ1) is 9.11. The van der Waals surface area contributed by atoms with Crippen molar-refractivity contribution >= 4 is 10.0 Å². The van der Waals surface area contributed by atoms with Gasteiger partial charge in [0, 0.05) is 6.20 Å². The lowest BCUT2D eigenvalue weighted by Crippen LogP contribution is -2.21. The lowest BCUT2D eigenvalue weighted by molar-refractivity contribution is 0.242. The van der Waals surface area contributed by atoms with E-state index in [0.717, 1.165) is 0 Å². The maximum Gasteiger partial charge on any atom is 0.239 e. The van der Waals surface area contributed by atoms with Crippen LogP contribution in [0.3, 0.4) is 0 Å². The van der Waals surface area contributed by atoms with Crippen LogP contribution in [0, 0.1) is 0 Å². The van der Waals surface area contributed by atoms with Crippen molar-refractivity contribution < 1.29 is 13.6 Å². The summed E-state index contributed by atoms with van der Waals surface area (Å²) >= 11 is 0. The monoisotopic (exact) mass is 188 g/mol. The fourth-order valence-electron chi connectivity index (χ4n) is 0.710. The van der Waals surface area contributed by atoms with Gasteiger partial charge in [0.1, 0.15) is 5.75 Å². The van der Waals surface area contributed by atoms with E-state index < -0.39 is 10.0 Å². The van der Waals surface area contributed by atoms with E-state index in [1.807, 2.05) is 0 Å². The third-order valence-electron chi connectivity index (χ3n) is 1.20. The van der Waals surface area contributed by atoms with E-state index in [1.165, 1.54) is 11.1 Å². The Morgan fingerprint density at radius 1 is 1.50 bits per heavy atom. The van der Waals surface area contributed by atoms with E-state index in [9.17, 15) is 8.42 Å². The SMILES string of the molecule is O=S(=O)(Cc1ccccn1)NO. The molecular formula is C6H8N2O3S. The van der Waals surface area contributed by atoms with Crippen LogP contribution in [0.15, 0.2) is 24.4 Å².